The van der Waals surface area contributed by atoms with E-state index in [0.717, 1.165) is 24.1 Å². The Morgan fingerprint density at radius 1 is 1.14 bits per heavy atom. The van der Waals surface area contributed by atoms with Crippen molar-refractivity contribution in [3.63, 3.8) is 0 Å². The minimum Gasteiger partial charge on any atom is -0.454 e. The van der Waals surface area contributed by atoms with Crippen molar-refractivity contribution < 1.29 is 9.13 Å². The first kappa shape index (κ1) is 15.5. The Kier molecular flexibility index (Phi) is 5.34. The second kappa shape index (κ2) is 7.23. The third kappa shape index (κ3) is 4.30. The summed E-state index contributed by atoms with van der Waals surface area (Å²) in [6.07, 6.45) is 1.06. The second-order valence-electron chi connectivity index (χ2n) is 5.28. The lowest BCUT2D eigenvalue weighted by atomic mass is 10.1. The molecule has 0 bridgehead atoms. The van der Waals surface area contributed by atoms with Crippen LogP contribution in [0.1, 0.15) is 37.4 Å². The van der Waals surface area contributed by atoms with Crippen LogP contribution in [0.15, 0.2) is 42.5 Å². The van der Waals surface area contributed by atoms with E-state index in [1.807, 2.05) is 44.2 Å². The molecule has 21 heavy (non-hydrogen) atoms. The molecule has 0 aromatic heterocycles. The number of halogens is 1. The number of nitrogens with one attached hydrogen (secondary N) is 1. The van der Waals surface area contributed by atoms with Gasteiger partial charge in [-0.05, 0) is 56.6 Å². The minimum absolute atomic E-state index is 0.132. The van der Waals surface area contributed by atoms with Crippen LogP contribution in [0.2, 0.25) is 0 Å². The van der Waals surface area contributed by atoms with Gasteiger partial charge >= 0.3 is 0 Å². The van der Waals surface area contributed by atoms with Gasteiger partial charge in [0.25, 0.3) is 0 Å². The van der Waals surface area contributed by atoms with Gasteiger partial charge in [0, 0.05) is 6.04 Å². The zero-order chi connectivity index (χ0) is 15.2. The maximum Gasteiger partial charge on any atom is 0.166 e. The molecule has 3 heteroatoms. The molecule has 1 unspecified atom stereocenters. The monoisotopic (exact) mass is 287 g/mol. The zero-order valence-electron chi connectivity index (χ0n) is 12.8. The van der Waals surface area contributed by atoms with Crippen molar-refractivity contribution in [1.82, 2.24) is 5.32 Å². The fraction of sp³-hybridized carbons (Fsp3) is 0.333. The number of rotatable bonds is 6. The maximum atomic E-state index is 14.1. The Morgan fingerprint density at radius 2 is 1.86 bits per heavy atom. The van der Waals surface area contributed by atoms with Crippen molar-refractivity contribution in [2.45, 2.75) is 33.2 Å². The summed E-state index contributed by atoms with van der Waals surface area (Å²) in [6.45, 7) is 7.07. The number of hydrogen-bond acceptors (Lipinski definition) is 2. The SMILES string of the molecule is CCCNC(C)c1ccc(Oc2ccc(C)cc2)c(F)c1. The average Bonchev–Trinajstić information content (AvgIpc) is 2.49. The van der Waals surface area contributed by atoms with Crippen LogP contribution in [0.25, 0.3) is 0 Å². The lowest BCUT2D eigenvalue weighted by Crippen LogP contribution is -2.19. The van der Waals surface area contributed by atoms with E-state index in [2.05, 4.69) is 12.2 Å². The van der Waals surface area contributed by atoms with E-state index in [1.54, 1.807) is 6.07 Å². The molecule has 2 aromatic carbocycles. The molecule has 0 radical (unpaired) electrons. The first-order chi connectivity index (χ1) is 10.1. The van der Waals surface area contributed by atoms with Crippen molar-refractivity contribution in [2.24, 2.45) is 0 Å². The summed E-state index contributed by atoms with van der Waals surface area (Å²) >= 11 is 0. The summed E-state index contributed by atoms with van der Waals surface area (Å²) in [5, 5.41) is 3.34. The predicted octanol–water partition coefficient (Wildman–Crippen LogP) is 4.99. The third-order valence-electron chi connectivity index (χ3n) is 3.41. The van der Waals surface area contributed by atoms with Gasteiger partial charge in [-0.3, -0.25) is 0 Å². The zero-order valence-corrected chi connectivity index (χ0v) is 12.8. The van der Waals surface area contributed by atoms with Crippen LogP contribution < -0.4 is 10.1 Å². The number of hydrogen-bond donors (Lipinski definition) is 1. The van der Waals surface area contributed by atoms with Crippen molar-refractivity contribution >= 4 is 0 Å². The largest absolute Gasteiger partial charge is 0.454 e. The predicted molar refractivity (Wildman–Crippen MR) is 84.4 cm³/mol. The third-order valence-corrected chi connectivity index (χ3v) is 3.41. The summed E-state index contributed by atoms with van der Waals surface area (Å²) in [4.78, 5) is 0. The highest BCUT2D eigenvalue weighted by Crippen LogP contribution is 2.27. The first-order valence-corrected chi connectivity index (χ1v) is 7.37. The molecule has 1 N–H and O–H groups in total. The Morgan fingerprint density at radius 3 is 2.48 bits per heavy atom. The highest BCUT2D eigenvalue weighted by molar-refractivity contribution is 5.36. The fourth-order valence-electron chi connectivity index (χ4n) is 2.08. The quantitative estimate of drug-likeness (QED) is 0.808. The Hall–Kier alpha value is -1.87. The average molecular weight is 287 g/mol. The summed E-state index contributed by atoms with van der Waals surface area (Å²) in [5.41, 5.74) is 2.08. The molecule has 0 fully saturated rings. The van der Waals surface area contributed by atoms with Crippen LogP contribution in [0, 0.1) is 12.7 Å². The molecule has 1 atom stereocenters. The van der Waals surface area contributed by atoms with Gasteiger partial charge in [-0.2, -0.15) is 0 Å². The van der Waals surface area contributed by atoms with Gasteiger partial charge in [0.1, 0.15) is 5.75 Å². The van der Waals surface area contributed by atoms with Crippen LogP contribution in [0.3, 0.4) is 0 Å². The van der Waals surface area contributed by atoms with Gasteiger partial charge < -0.3 is 10.1 Å². The topological polar surface area (TPSA) is 21.3 Å². The molecule has 2 rings (SSSR count). The van der Waals surface area contributed by atoms with Crippen molar-refractivity contribution in [3.8, 4) is 11.5 Å². The molecule has 0 aliphatic carbocycles. The van der Waals surface area contributed by atoms with E-state index in [-0.39, 0.29) is 17.6 Å². The summed E-state index contributed by atoms with van der Waals surface area (Å²) < 4.78 is 19.7. The van der Waals surface area contributed by atoms with Crippen LogP contribution in [0.5, 0.6) is 11.5 Å². The molecule has 0 heterocycles. The molecule has 0 amide bonds. The molecule has 0 aliphatic rings. The molecule has 0 spiro atoms. The minimum atomic E-state index is -0.335. The van der Waals surface area contributed by atoms with E-state index in [4.69, 9.17) is 4.74 Å². The summed E-state index contributed by atoms with van der Waals surface area (Å²) in [5.74, 6) is 0.563. The smallest absolute Gasteiger partial charge is 0.166 e. The standard InChI is InChI=1S/C18H22FNO/c1-4-11-20-14(3)15-7-10-18(17(19)12-15)21-16-8-5-13(2)6-9-16/h5-10,12,14,20H,4,11H2,1-3H3. The van der Waals surface area contributed by atoms with E-state index < -0.39 is 0 Å². The second-order valence-corrected chi connectivity index (χ2v) is 5.28. The first-order valence-electron chi connectivity index (χ1n) is 7.37. The molecule has 0 saturated heterocycles. The maximum absolute atomic E-state index is 14.1. The molecule has 0 aliphatic heterocycles. The van der Waals surface area contributed by atoms with Gasteiger partial charge in [-0.15, -0.1) is 0 Å². The Bertz CT molecular complexity index is 580. The number of aryl methyl sites for hydroxylation is 1. The molecule has 2 nitrogen and oxygen atoms in total. The van der Waals surface area contributed by atoms with Crippen LogP contribution >= 0.6 is 0 Å². The van der Waals surface area contributed by atoms with Gasteiger partial charge in [-0.1, -0.05) is 30.7 Å². The fourth-order valence-corrected chi connectivity index (χ4v) is 2.08. The Balaban J connectivity index is 2.10. The summed E-state index contributed by atoms with van der Waals surface area (Å²) in [6, 6.07) is 12.8. The highest BCUT2D eigenvalue weighted by Gasteiger charge is 2.10. The van der Waals surface area contributed by atoms with Gasteiger partial charge in [0.15, 0.2) is 11.6 Å². The van der Waals surface area contributed by atoms with E-state index in [1.165, 1.54) is 6.07 Å². The van der Waals surface area contributed by atoms with E-state index in [9.17, 15) is 4.39 Å². The highest BCUT2D eigenvalue weighted by atomic mass is 19.1. The van der Waals surface area contributed by atoms with Gasteiger partial charge in [0.05, 0.1) is 0 Å². The molecule has 112 valence electrons. The van der Waals surface area contributed by atoms with Gasteiger partial charge in [-0.25, -0.2) is 4.39 Å². The summed E-state index contributed by atoms with van der Waals surface area (Å²) in [7, 11) is 0. The molecule has 0 saturated carbocycles. The lowest BCUT2D eigenvalue weighted by Gasteiger charge is -2.15. The van der Waals surface area contributed by atoms with Gasteiger partial charge in [0.2, 0.25) is 0 Å². The Labute approximate surface area is 126 Å². The van der Waals surface area contributed by atoms with Crippen molar-refractivity contribution in [1.29, 1.82) is 0 Å². The molecular weight excluding hydrogens is 265 g/mol. The van der Waals surface area contributed by atoms with E-state index in [0.29, 0.717) is 5.75 Å². The van der Waals surface area contributed by atoms with E-state index >= 15 is 0 Å². The molecular formula is C18H22FNO. The normalized spacial score (nSPS) is 12.2. The molecule has 2 aromatic rings. The number of ether oxygens (including phenoxy) is 1. The van der Waals surface area contributed by atoms with Crippen LogP contribution in [0.4, 0.5) is 4.39 Å². The lowest BCUT2D eigenvalue weighted by molar-refractivity contribution is 0.440. The van der Waals surface area contributed by atoms with Crippen molar-refractivity contribution in [3.05, 3.63) is 59.4 Å². The van der Waals surface area contributed by atoms with Crippen molar-refractivity contribution in [2.75, 3.05) is 6.54 Å². The number of benzene rings is 2. The van der Waals surface area contributed by atoms with Crippen LogP contribution in [-0.2, 0) is 0 Å². The van der Waals surface area contributed by atoms with Crippen LogP contribution in [-0.4, -0.2) is 6.54 Å².